The van der Waals surface area contributed by atoms with Gasteiger partial charge in [0.25, 0.3) is 0 Å². The molecule has 0 unspecified atom stereocenters. The Hall–Kier alpha value is -1.02. The summed E-state index contributed by atoms with van der Waals surface area (Å²) in [5.74, 6) is 0. The minimum atomic E-state index is 1.11. The Morgan fingerprint density at radius 3 is 2.32 bits per heavy atom. The second kappa shape index (κ2) is 6.42. The van der Waals surface area contributed by atoms with Gasteiger partial charge in [0.1, 0.15) is 0 Å². The first kappa shape index (κ1) is 14.4. The third-order valence-corrected chi connectivity index (χ3v) is 4.09. The number of hydrogen-bond donors (Lipinski definition) is 0. The van der Waals surface area contributed by atoms with Crippen molar-refractivity contribution in [3.8, 4) is 0 Å². The molecule has 0 spiro atoms. The Morgan fingerprint density at radius 2 is 1.68 bits per heavy atom. The summed E-state index contributed by atoms with van der Waals surface area (Å²) in [6.07, 6.45) is 4.02. The predicted octanol–water partition coefficient (Wildman–Crippen LogP) is 3.88. The van der Waals surface area contributed by atoms with Gasteiger partial charge in [-0.1, -0.05) is 37.5 Å². The molecule has 1 aliphatic heterocycles. The van der Waals surface area contributed by atoms with Crippen LogP contribution >= 0.6 is 0 Å². The van der Waals surface area contributed by atoms with Gasteiger partial charge in [0.2, 0.25) is 0 Å². The van der Waals surface area contributed by atoms with E-state index in [1.807, 2.05) is 0 Å². The summed E-state index contributed by atoms with van der Waals surface area (Å²) in [4.78, 5) is 5.14. The smallest absolute Gasteiger partial charge is 0.0708 e. The molecule has 0 aliphatic carbocycles. The molecule has 1 aliphatic rings. The molecule has 1 heterocycles. The van der Waals surface area contributed by atoms with Crippen LogP contribution in [0.3, 0.4) is 0 Å². The van der Waals surface area contributed by atoms with Crippen LogP contribution in [0.5, 0.6) is 0 Å². The van der Waals surface area contributed by atoms with Crippen molar-refractivity contribution in [1.82, 2.24) is 4.90 Å². The molecule has 1 saturated heterocycles. The lowest BCUT2D eigenvalue weighted by atomic mass is 10.0. The topological polar surface area (TPSA) is 6.48 Å². The minimum Gasteiger partial charge on any atom is -0.357 e. The highest BCUT2D eigenvalue weighted by molar-refractivity contribution is 5.60. The van der Waals surface area contributed by atoms with Gasteiger partial charge in [0.15, 0.2) is 0 Å². The van der Waals surface area contributed by atoms with Gasteiger partial charge < -0.3 is 4.90 Å². The van der Waals surface area contributed by atoms with Crippen molar-refractivity contribution in [1.29, 1.82) is 0 Å². The van der Waals surface area contributed by atoms with Crippen LogP contribution in [0.25, 0.3) is 0 Å². The Bertz CT molecular complexity index is 402. The van der Waals surface area contributed by atoms with Gasteiger partial charge in [-0.3, -0.25) is 4.90 Å². The van der Waals surface area contributed by atoms with Crippen LogP contribution in [0.2, 0.25) is 0 Å². The summed E-state index contributed by atoms with van der Waals surface area (Å²) in [6.45, 7) is 13.7. The molecule has 1 aromatic rings. The first-order chi connectivity index (χ1) is 9.11. The largest absolute Gasteiger partial charge is 0.357 e. The monoisotopic (exact) mass is 260 g/mol. The third kappa shape index (κ3) is 3.50. The Balaban J connectivity index is 2.01. The van der Waals surface area contributed by atoms with E-state index in [0.29, 0.717) is 0 Å². The van der Waals surface area contributed by atoms with Crippen molar-refractivity contribution in [2.45, 2.75) is 47.0 Å². The zero-order valence-electron chi connectivity index (χ0n) is 13.0. The summed E-state index contributed by atoms with van der Waals surface area (Å²) < 4.78 is 0. The lowest BCUT2D eigenvalue weighted by Crippen LogP contribution is -2.27. The lowest BCUT2D eigenvalue weighted by molar-refractivity contribution is 0.332. The van der Waals surface area contributed by atoms with Crippen molar-refractivity contribution >= 4 is 5.69 Å². The molecule has 0 radical (unpaired) electrons. The first-order valence-electron chi connectivity index (χ1n) is 7.67. The number of rotatable bonds is 5. The molecule has 2 heteroatoms. The Labute approximate surface area is 118 Å². The van der Waals surface area contributed by atoms with Gasteiger partial charge >= 0.3 is 0 Å². The van der Waals surface area contributed by atoms with Crippen LogP contribution in [-0.2, 0) is 0 Å². The number of unbranched alkanes of at least 4 members (excludes halogenated alkanes) is 2. The SMILES string of the molecule is CCCCCN1CCN(c2c(C)cc(C)cc2C)C1. The quantitative estimate of drug-likeness (QED) is 0.741. The maximum Gasteiger partial charge on any atom is 0.0708 e. The molecule has 1 fully saturated rings. The Kier molecular flexibility index (Phi) is 4.87. The average Bonchev–Trinajstić information content (AvgIpc) is 2.76. The van der Waals surface area contributed by atoms with Crippen LogP contribution in [0.1, 0.15) is 42.9 Å². The molecule has 0 atom stereocenters. The van der Waals surface area contributed by atoms with E-state index in [4.69, 9.17) is 0 Å². The predicted molar refractivity (Wildman–Crippen MR) is 84.0 cm³/mol. The van der Waals surface area contributed by atoms with Gasteiger partial charge in [-0.25, -0.2) is 0 Å². The molecule has 0 aromatic heterocycles. The van der Waals surface area contributed by atoms with E-state index in [-0.39, 0.29) is 0 Å². The summed E-state index contributed by atoms with van der Waals surface area (Å²) in [5, 5.41) is 0. The second-order valence-corrected chi connectivity index (χ2v) is 5.98. The molecule has 106 valence electrons. The highest BCUT2D eigenvalue weighted by Crippen LogP contribution is 2.28. The normalized spacial score (nSPS) is 16.3. The molecule has 0 amide bonds. The summed E-state index contributed by atoms with van der Waals surface area (Å²) in [5.41, 5.74) is 5.68. The molecule has 1 aromatic carbocycles. The van der Waals surface area contributed by atoms with E-state index in [1.54, 1.807) is 0 Å². The number of hydrogen-bond acceptors (Lipinski definition) is 2. The maximum atomic E-state index is 2.59. The fraction of sp³-hybridized carbons (Fsp3) is 0.647. The van der Waals surface area contributed by atoms with E-state index >= 15 is 0 Å². The van der Waals surface area contributed by atoms with Crippen LogP contribution in [0, 0.1) is 20.8 Å². The molecule has 2 nitrogen and oxygen atoms in total. The van der Waals surface area contributed by atoms with E-state index in [9.17, 15) is 0 Å². The molecule has 0 bridgehead atoms. The zero-order valence-corrected chi connectivity index (χ0v) is 13.0. The van der Waals surface area contributed by atoms with E-state index in [2.05, 4.69) is 49.6 Å². The average molecular weight is 260 g/mol. The molecular weight excluding hydrogens is 232 g/mol. The van der Waals surface area contributed by atoms with Gasteiger partial charge in [-0.2, -0.15) is 0 Å². The van der Waals surface area contributed by atoms with E-state index in [1.165, 1.54) is 61.3 Å². The zero-order chi connectivity index (χ0) is 13.8. The molecular formula is C17H28N2. The van der Waals surface area contributed by atoms with Crippen molar-refractivity contribution in [2.75, 3.05) is 31.2 Å². The number of benzene rings is 1. The molecule has 0 N–H and O–H groups in total. The van der Waals surface area contributed by atoms with Gasteiger partial charge in [-0.05, 0) is 44.9 Å². The Morgan fingerprint density at radius 1 is 1.00 bits per heavy atom. The minimum absolute atomic E-state index is 1.11. The highest BCUT2D eigenvalue weighted by atomic mass is 15.4. The van der Waals surface area contributed by atoms with E-state index in [0.717, 1.165) is 6.67 Å². The summed E-state index contributed by atoms with van der Waals surface area (Å²) in [7, 11) is 0. The first-order valence-corrected chi connectivity index (χ1v) is 7.67. The second-order valence-electron chi connectivity index (χ2n) is 5.98. The highest BCUT2D eigenvalue weighted by Gasteiger charge is 2.22. The molecule has 0 saturated carbocycles. The lowest BCUT2D eigenvalue weighted by Gasteiger charge is -2.24. The van der Waals surface area contributed by atoms with Crippen LogP contribution < -0.4 is 4.90 Å². The van der Waals surface area contributed by atoms with Crippen LogP contribution in [0.4, 0.5) is 5.69 Å². The van der Waals surface area contributed by atoms with E-state index < -0.39 is 0 Å². The van der Waals surface area contributed by atoms with Crippen molar-refractivity contribution in [2.24, 2.45) is 0 Å². The van der Waals surface area contributed by atoms with Gasteiger partial charge in [0, 0.05) is 18.8 Å². The summed E-state index contributed by atoms with van der Waals surface area (Å²) >= 11 is 0. The third-order valence-electron chi connectivity index (χ3n) is 4.09. The van der Waals surface area contributed by atoms with Crippen LogP contribution in [0.15, 0.2) is 12.1 Å². The number of nitrogens with zero attached hydrogens (tertiary/aromatic N) is 2. The molecule has 19 heavy (non-hydrogen) atoms. The van der Waals surface area contributed by atoms with Crippen LogP contribution in [-0.4, -0.2) is 31.2 Å². The van der Waals surface area contributed by atoms with Crippen molar-refractivity contribution in [3.05, 3.63) is 28.8 Å². The fourth-order valence-electron chi connectivity index (χ4n) is 3.27. The van der Waals surface area contributed by atoms with Crippen molar-refractivity contribution in [3.63, 3.8) is 0 Å². The molecule has 2 rings (SSSR count). The number of aryl methyl sites for hydroxylation is 3. The van der Waals surface area contributed by atoms with Crippen molar-refractivity contribution < 1.29 is 0 Å². The maximum absolute atomic E-state index is 2.59. The van der Waals surface area contributed by atoms with Gasteiger partial charge in [0.05, 0.1) is 6.67 Å². The summed E-state index contributed by atoms with van der Waals surface area (Å²) in [6, 6.07) is 4.62. The van der Waals surface area contributed by atoms with Gasteiger partial charge in [-0.15, -0.1) is 0 Å². The fourth-order valence-corrected chi connectivity index (χ4v) is 3.27. The standard InChI is InChI=1S/C17H28N2/c1-5-6-7-8-18-9-10-19(13-18)17-15(3)11-14(2)12-16(17)4/h11-12H,5-10,13H2,1-4H3. The number of anilines is 1.